The van der Waals surface area contributed by atoms with E-state index in [9.17, 15) is 15.2 Å². The van der Waals surface area contributed by atoms with Gasteiger partial charge in [-0.15, -0.1) is 0 Å². The van der Waals surface area contributed by atoms with E-state index < -0.39 is 11.1 Å². The Morgan fingerprint density at radius 1 is 1.37 bits per heavy atom. The van der Waals surface area contributed by atoms with Crippen LogP contribution in [0.4, 0.5) is 0 Å². The van der Waals surface area contributed by atoms with Crippen molar-refractivity contribution in [2.24, 2.45) is 5.92 Å². The van der Waals surface area contributed by atoms with Crippen molar-refractivity contribution in [1.29, 1.82) is 5.26 Å². The first-order valence-corrected chi connectivity index (χ1v) is 7.42. The van der Waals surface area contributed by atoms with Gasteiger partial charge in [0.15, 0.2) is 0 Å². The number of hydrogen-bond acceptors (Lipinski definition) is 3. The monoisotopic (exact) mass is 264 g/mol. The first kappa shape index (κ1) is 14.3. The van der Waals surface area contributed by atoms with Crippen molar-refractivity contribution in [2.45, 2.75) is 75.9 Å². The van der Waals surface area contributed by atoms with Crippen molar-refractivity contribution in [3.8, 4) is 6.07 Å². The molecular formula is C15H24N2O2. The third-order valence-electron chi connectivity index (χ3n) is 4.61. The zero-order valence-corrected chi connectivity index (χ0v) is 11.7. The van der Waals surface area contributed by atoms with E-state index in [-0.39, 0.29) is 12.3 Å². The molecule has 0 heterocycles. The number of carbonyl (C=O) groups is 1. The standard InChI is InChI=1S/C15H24N2O2/c1-12-5-4-6-14(9-12,11-16)17-13(18)10-15(19)7-2-3-8-15/h12,19H,2-10H2,1H3,(H,17,18). The number of nitriles is 1. The van der Waals surface area contributed by atoms with Gasteiger partial charge in [-0.25, -0.2) is 0 Å². The molecule has 2 fully saturated rings. The molecule has 1 amide bonds. The van der Waals surface area contributed by atoms with Crippen molar-refractivity contribution in [3.63, 3.8) is 0 Å². The van der Waals surface area contributed by atoms with Crippen LogP contribution >= 0.6 is 0 Å². The molecule has 0 saturated heterocycles. The number of carbonyl (C=O) groups excluding carboxylic acids is 1. The minimum atomic E-state index is -0.832. The van der Waals surface area contributed by atoms with E-state index in [2.05, 4.69) is 18.3 Å². The quantitative estimate of drug-likeness (QED) is 0.821. The number of hydrogen-bond donors (Lipinski definition) is 2. The van der Waals surface area contributed by atoms with Gasteiger partial charge in [0, 0.05) is 0 Å². The molecule has 0 aromatic rings. The maximum atomic E-state index is 12.1. The molecule has 19 heavy (non-hydrogen) atoms. The summed E-state index contributed by atoms with van der Waals surface area (Å²) in [7, 11) is 0. The Bertz CT molecular complexity index is 382. The minimum Gasteiger partial charge on any atom is -0.389 e. The molecule has 2 unspecified atom stereocenters. The van der Waals surface area contributed by atoms with Crippen LogP contribution in [0.15, 0.2) is 0 Å². The summed E-state index contributed by atoms with van der Waals surface area (Å²) in [6.07, 6.45) is 7.11. The van der Waals surface area contributed by atoms with Gasteiger partial charge in [-0.2, -0.15) is 5.26 Å². The molecule has 106 valence electrons. The SMILES string of the molecule is CC1CCCC(C#N)(NC(=O)CC2(O)CCCC2)C1. The van der Waals surface area contributed by atoms with Crippen LogP contribution < -0.4 is 5.32 Å². The third kappa shape index (κ3) is 3.48. The molecule has 0 aliphatic heterocycles. The van der Waals surface area contributed by atoms with E-state index in [4.69, 9.17) is 0 Å². The molecule has 0 radical (unpaired) electrons. The van der Waals surface area contributed by atoms with Crippen molar-refractivity contribution < 1.29 is 9.90 Å². The highest BCUT2D eigenvalue weighted by Gasteiger charge is 2.39. The summed E-state index contributed by atoms with van der Waals surface area (Å²) in [4.78, 5) is 12.1. The third-order valence-corrected chi connectivity index (χ3v) is 4.61. The maximum Gasteiger partial charge on any atom is 0.224 e. The summed E-state index contributed by atoms with van der Waals surface area (Å²) in [5.41, 5.74) is -1.54. The summed E-state index contributed by atoms with van der Waals surface area (Å²) in [6.45, 7) is 2.13. The highest BCUT2D eigenvalue weighted by atomic mass is 16.3. The molecule has 0 aromatic heterocycles. The average Bonchev–Trinajstić information content (AvgIpc) is 2.75. The molecular weight excluding hydrogens is 240 g/mol. The van der Waals surface area contributed by atoms with Gasteiger partial charge in [0.05, 0.1) is 18.1 Å². The van der Waals surface area contributed by atoms with Crippen LogP contribution in [0, 0.1) is 17.2 Å². The van der Waals surface area contributed by atoms with E-state index in [1.54, 1.807) is 0 Å². The number of rotatable bonds is 3. The zero-order chi connectivity index (χ0) is 13.9. The van der Waals surface area contributed by atoms with Gasteiger partial charge in [0.25, 0.3) is 0 Å². The Morgan fingerprint density at radius 2 is 2.05 bits per heavy atom. The largest absolute Gasteiger partial charge is 0.389 e. The molecule has 2 aliphatic rings. The first-order chi connectivity index (χ1) is 8.97. The summed E-state index contributed by atoms with van der Waals surface area (Å²) in [5.74, 6) is 0.309. The number of nitrogens with zero attached hydrogens (tertiary/aromatic N) is 1. The first-order valence-electron chi connectivity index (χ1n) is 7.42. The van der Waals surface area contributed by atoms with Crippen LogP contribution in [0.25, 0.3) is 0 Å². The van der Waals surface area contributed by atoms with Crippen LogP contribution in [-0.2, 0) is 4.79 Å². The predicted octanol–water partition coefficient (Wildman–Crippen LogP) is 2.27. The molecule has 0 aromatic carbocycles. The van der Waals surface area contributed by atoms with Crippen molar-refractivity contribution >= 4 is 5.91 Å². The Morgan fingerprint density at radius 3 is 2.63 bits per heavy atom. The Labute approximate surface area is 115 Å². The second-order valence-corrected chi connectivity index (χ2v) is 6.55. The number of nitrogens with one attached hydrogen (secondary N) is 1. The highest BCUT2D eigenvalue weighted by molar-refractivity contribution is 5.78. The lowest BCUT2D eigenvalue weighted by Gasteiger charge is -2.35. The fourth-order valence-corrected chi connectivity index (χ4v) is 3.61. The van der Waals surface area contributed by atoms with Crippen LogP contribution in [0.5, 0.6) is 0 Å². The molecule has 2 rings (SSSR count). The zero-order valence-electron chi connectivity index (χ0n) is 11.7. The van der Waals surface area contributed by atoms with Gasteiger partial charge in [-0.1, -0.05) is 26.2 Å². The molecule has 4 nitrogen and oxygen atoms in total. The van der Waals surface area contributed by atoms with E-state index in [1.165, 1.54) is 0 Å². The fourth-order valence-electron chi connectivity index (χ4n) is 3.61. The molecule has 4 heteroatoms. The molecule has 2 N–H and O–H groups in total. The maximum absolute atomic E-state index is 12.1. The van der Waals surface area contributed by atoms with Gasteiger partial charge in [0.2, 0.25) is 5.91 Å². The van der Waals surface area contributed by atoms with E-state index in [0.717, 1.165) is 38.5 Å². The molecule has 0 spiro atoms. The van der Waals surface area contributed by atoms with Crippen LogP contribution in [0.1, 0.15) is 64.7 Å². The topological polar surface area (TPSA) is 73.1 Å². The van der Waals surface area contributed by atoms with Gasteiger partial charge < -0.3 is 10.4 Å². The summed E-state index contributed by atoms with van der Waals surface area (Å²) in [5, 5.41) is 22.6. The lowest BCUT2D eigenvalue weighted by atomic mass is 9.77. The van der Waals surface area contributed by atoms with Gasteiger partial charge in [-0.05, 0) is 38.0 Å². The van der Waals surface area contributed by atoms with Crippen molar-refractivity contribution in [3.05, 3.63) is 0 Å². The van der Waals surface area contributed by atoms with Gasteiger partial charge >= 0.3 is 0 Å². The van der Waals surface area contributed by atoms with E-state index in [1.807, 2.05) is 0 Å². The van der Waals surface area contributed by atoms with E-state index in [0.29, 0.717) is 18.8 Å². The second kappa shape index (κ2) is 5.50. The molecule has 2 atom stereocenters. The normalized spacial score (nSPS) is 33.6. The van der Waals surface area contributed by atoms with Crippen molar-refractivity contribution in [1.82, 2.24) is 5.32 Å². The Kier molecular flexibility index (Phi) is 4.15. The lowest BCUT2D eigenvalue weighted by Crippen LogP contribution is -2.51. The van der Waals surface area contributed by atoms with Crippen LogP contribution in [0.2, 0.25) is 0 Å². The summed E-state index contributed by atoms with van der Waals surface area (Å²) >= 11 is 0. The lowest BCUT2D eigenvalue weighted by molar-refractivity contribution is -0.127. The van der Waals surface area contributed by atoms with Crippen LogP contribution in [0.3, 0.4) is 0 Å². The summed E-state index contributed by atoms with van der Waals surface area (Å²) in [6, 6.07) is 2.30. The van der Waals surface area contributed by atoms with Gasteiger partial charge in [-0.3, -0.25) is 4.79 Å². The van der Waals surface area contributed by atoms with E-state index >= 15 is 0 Å². The average molecular weight is 264 g/mol. The number of aliphatic hydroxyl groups is 1. The number of amides is 1. The second-order valence-electron chi connectivity index (χ2n) is 6.55. The highest BCUT2D eigenvalue weighted by Crippen LogP contribution is 2.34. The van der Waals surface area contributed by atoms with Gasteiger partial charge in [0.1, 0.15) is 5.54 Å². The summed E-state index contributed by atoms with van der Waals surface area (Å²) < 4.78 is 0. The predicted molar refractivity (Wildman–Crippen MR) is 72.2 cm³/mol. The Balaban J connectivity index is 1.94. The Hall–Kier alpha value is -1.08. The minimum absolute atomic E-state index is 0.144. The molecule has 0 bridgehead atoms. The van der Waals surface area contributed by atoms with Crippen molar-refractivity contribution in [2.75, 3.05) is 0 Å². The molecule has 2 aliphatic carbocycles. The smallest absolute Gasteiger partial charge is 0.224 e. The molecule has 2 saturated carbocycles. The fraction of sp³-hybridized carbons (Fsp3) is 0.867. The van der Waals surface area contributed by atoms with Crippen LogP contribution in [-0.4, -0.2) is 22.2 Å².